The minimum absolute atomic E-state index is 0.0515. The molecule has 1 aliphatic heterocycles. The van der Waals surface area contributed by atoms with Crippen molar-refractivity contribution < 1.29 is 36.6 Å². The summed E-state index contributed by atoms with van der Waals surface area (Å²) in [4.78, 5) is 14.8. The molecule has 0 spiro atoms. The van der Waals surface area contributed by atoms with Gasteiger partial charge in [0, 0.05) is 6.54 Å². The Hall–Kier alpha value is -3.14. The Morgan fingerprint density at radius 2 is 1.85 bits per heavy atom. The summed E-state index contributed by atoms with van der Waals surface area (Å²) < 4.78 is 61.8. The Morgan fingerprint density at radius 1 is 1.12 bits per heavy atom. The van der Waals surface area contributed by atoms with Gasteiger partial charge in [-0.2, -0.15) is 13.2 Å². The third-order valence-corrected chi connectivity index (χ3v) is 6.04. The average molecular weight is 540 g/mol. The van der Waals surface area contributed by atoms with Crippen LogP contribution in [0.15, 0.2) is 57.6 Å². The van der Waals surface area contributed by atoms with Crippen LogP contribution in [-0.4, -0.2) is 38.2 Å². The zero-order chi connectivity index (χ0) is 24.5. The molecule has 1 aromatic heterocycles. The minimum Gasteiger partial charge on any atom is -0.493 e. The van der Waals surface area contributed by atoms with Crippen molar-refractivity contribution in [1.29, 1.82) is 0 Å². The van der Waals surface area contributed by atoms with E-state index in [-0.39, 0.29) is 24.0 Å². The number of alkyl halides is 3. The van der Waals surface area contributed by atoms with E-state index in [0.717, 1.165) is 23.3 Å². The van der Waals surface area contributed by atoms with Gasteiger partial charge in [-0.15, -0.1) is 0 Å². The summed E-state index contributed by atoms with van der Waals surface area (Å²) in [6.45, 7) is 0.285. The molecule has 6 nitrogen and oxygen atoms in total. The predicted molar refractivity (Wildman–Crippen MR) is 120 cm³/mol. The molecular weight excluding hydrogens is 519 g/mol. The van der Waals surface area contributed by atoms with Gasteiger partial charge in [-0.05, 0) is 75.9 Å². The van der Waals surface area contributed by atoms with E-state index in [1.54, 1.807) is 23.1 Å². The third kappa shape index (κ3) is 4.86. The van der Waals surface area contributed by atoms with Gasteiger partial charge < -0.3 is 23.5 Å². The first kappa shape index (κ1) is 24.0. The number of halogens is 4. The van der Waals surface area contributed by atoms with Crippen LogP contribution in [0.3, 0.4) is 0 Å². The Morgan fingerprint density at radius 3 is 2.50 bits per heavy atom. The van der Waals surface area contributed by atoms with Crippen molar-refractivity contribution in [2.24, 2.45) is 0 Å². The molecule has 3 aromatic rings. The maximum atomic E-state index is 13.3. The number of furan rings is 1. The van der Waals surface area contributed by atoms with Crippen LogP contribution in [0.2, 0.25) is 0 Å². The van der Waals surface area contributed by atoms with E-state index >= 15 is 0 Å². The lowest BCUT2D eigenvalue weighted by Crippen LogP contribution is -2.42. The van der Waals surface area contributed by atoms with Gasteiger partial charge in [0.05, 0.1) is 25.8 Å². The molecule has 1 amide bonds. The highest BCUT2D eigenvalue weighted by molar-refractivity contribution is 9.10. The molecule has 0 aliphatic carbocycles. The van der Waals surface area contributed by atoms with E-state index in [0.29, 0.717) is 29.1 Å². The second-order valence-corrected chi connectivity index (χ2v) is 8.39. The van der Waals surface area contributed by atoms with Crippen molar-refractivity contribution in [1.82, 2.24) is 4.90 Å². The number of nitrogens with zero attached hydrogens (tertiary/aromatic N) is 1. The number of fused-ring (bicyclic) bond motifs is 1. The molecule has 1 atom stereocenters. The van der Waals surface area contributed by atoms with E-state index in [2.05, 4.69) is 15.9 Å². The highest BCUT2D eigenvalue weighted by Gasteiger charge is 2.35. The molecule has 10 heteroatoms. The van der Waals surface area contributed by atoms with Gasteiger partial charge in [-0.3, -0.25) is 4.79 Å². The number of ether oxygens (including phenoxy) is 3. The Kier molecular flexibility index (Phi) is 6.79. The highest BCUT2D eigenvalue weighted by atomic mass is 79.9. The summed E-state index contributed by atoms with van der Waals surface area (Å²) in [5.74, 6) is 0.855. The van der Waals surface area contributed by atoms with Crippen LogP contribution < -0.4 is 14.2 Å². The molecule has 180 valence electrons. The number of carbonyl (C=O) groups excluding carboxylic acids is 1. The summed E-state index contributed by atoms with van der Waals surface area (Å²) in [6.07, 6.45) is -3.95. The van der Waals surface area contributed by atoms with Crippen LogP contribution >= 0.6 is 15.9 Å². The summed E-state index contributed by atoms with van der Waals surface area (Å²) in [5.41, 5.74) is 0.878. The lowest BCUT2D eigenvalue weighted by molar-refractivity contribution is -0.137. The molecule has 0 bridgehead atoms. The highest BCUT2D eigenvalue weighted by Crippen LogP contribution is 2.39. The van der Waals surface area contributed by atoms with Gasteiger partial charge in [0.1, 0.15) is 12.4 Å². The summed E-state index contributed by atoms with van der Waals surface area (Å²) in [5, 5.41) is 0. The van der Waals surface area contributed by atoms with E-state index in [9.17, 15) is 18.0 Å². The second kappa shape index (κ2) is 9.61. The molecule has 0 N–H and O–H groups in total. The lowest BCUT2D eigenvalue weighted by atomic mass is 9.92. The normalized spacial score (nSPS) is 15.6. The Balaban J connectivity index is 1.69. The SMILES string of the molecule is COc1cc2c(cc1OC)[C@@H](COc1cccc(C(F)(F)F)c1)N(C(=O)c1ccc(Br)o1)CC2. The first-order chi connectivity index (χ1) is 16.2. The lowest BCUT2D eigenvalue weighted by Gasteiger charge is -2.37. The molecule has 0 unspecified atom stereocenters. The van der Waals surface area contributed by atoms with Crippen molar-refractivity contribution in [2.75, 3.05) is 27.4 Å². The quantitative estimate of drug-likeness (QED) is 0.390. The minimum atomic E-state index is -4.49. The van der Waals surface area contributed by atoms with Crippen LogP contribution in [0.5, 0.6) is 17.2 Å². The van der Waals surface area contributed by atoms with Crippen LogP contribution in [-0.2, 0) is 12.6 Å². The summed E-state index contributed by atoms with van der Waals surface area (Å²) in [6, 6.07) is 10.8. The van der Waals surface area contributed by atoms with Gasteiger partial charge in [0.25, 0.3) is 5.91 Å². The standard InChI is InChI=1S/C24H21BrF3NO5/c1-31-20-10-14-8-9-29(23(30)19-6-7-22(25)34-19)18(17(14)12-21(20)32-2)13-33-16-5-3-4-15(11-16)24(26,27)28/h3-7,10-12,18H,8-9,13H2,1-2H3/t18-/m1/s1. The predicted octanol–water partition coefficient (Wildman–Crippen LogP) is 5.90. The van der Waals surface area contributed by atoms with Crippen LogP contribution in [0.4, 0.5) is 13.2 Å². The zero-order valence-electron chi connectivity index (χ0n) is 18.3. The molecule has 0 radical (unpaired) electrons. The number of hydrogen-bond acceptors (Lipinski definition) is 5. The van der Waals surface area contributed by atoms with Gasteiger partial charge in [-0.1, -0.05) is 6.07 Å². The zero-order valence-corrected chi connectivity index (χ0v) is 19.9. The van der Waals surface area contributed by atoms with Crippen molar-refractivity contribution in [3.8, 4) is 17.2 Å². The van der Waals surface area contributed by atoms with Crippen LogP contribution in [0, 0.1) is 0 Å². The Bertz CT molecular complexity index is 1190. The largest absolute Gasteiger partial charge is 0.493 e. The molecule has 34 heavy (non-hydrogen) atoms. The molecule has 4 rings (SSSR count). The molecule has 0 saturated heterocycles. The average Bonchev–Trinajstić information content (AvgIpc) is 3.26. The van der Waals surface area contributed by atoms with Gasteiger partial charge in [-0.25, -0.2) is 0 Å². The first-order valence-electron chi connectivity index (χ1n) is 10.3. The third-order valence-electron chi connectivity index (χ3n) is 5.62. The fourth-order valence-electron chi connectivity index (χ4n) is 3.96. The number of methoxy groups -OCH3 is 2. The Labute approximate surface area is 202 Å². The van der Waals surface area contributed by atoms with Crippen LogP contribution in [0.25, 0.3) is 0 Å². The first-order valence-corrected chi connectivity index (χ1v) is 11.1. The van der Waals surface area contributed by atoms with E-state index in [4.69, 9.17) is 18.6 Å². The van der Waals surface area contributed by atoms with Gasteiger partial charge in [0.15, 0.2) is 21.9 Å². The molecular formula is C24H21BrF3NO5. The fourth-order valence-corrected chi connectivity index (χ4v) is 4.27. The molecule has 1 aliphatic rings. The molecule has 0 saturated carbocycles. The van der Waals surface area contributed by atoms with Crippen molar-refractivity contribution in [3.05, 3.63) is 75.7 Å². The van der Waals surface area contributed by atoms with Crippen molar-refractivity contribution in [3.63, 3.8) is 0 Å². The number of rotatable bonds is 6. The van der Waals surface area contributed by atoms with Gasteiger partial charge >= 0.3 is 6.18 Å². The second-order valence-electron chi connectivity index (χ2n) is 7.61. The number of amides is 1. The molecule has 2 aromatic carbocycles. The summed E-state index contributed by atoms with van der Waals surface area (Å²) in [7, 11) is 3.04. The number of hydrogen-bond donors (Lipinski definition) is 0. The monoisotopic (exact) mass is 539 g/mol. The maximum absolute atomic E-state index is 13.3. The van der Waals surface area contributed by atoms with E-state index in [1.807, 2.05) is 6.07 Å². The van der Waals surface area contributed by atoms with Crippen molar-refractivity contribution >= 4 is 21.8 Å². The van der Waals surface area contributed by atoms with Crippen molar-refractivity contribution in [2.45, 2.75) is 18.6 Å². The molecule has 2 heterocycles. The van der Waals surface area contributed by atoms with E-state index < -0.39 is 17.8 Å². The van der Waals surface area contributed by atoms with Gasteiger partial charge in [0.2, 0.25) is 0 Å². The smallest absolute Gasteiger partial charge is 0.416 e. The topological polar surface area (TPSA) is 61.1 Å². The number of benzene rings is 2. The maximum Gasteiger partial charge on any atom is 0.416 e. The fraction of sp³-hybridized carbons (Fsp3) is 0.292. The summed E-state index contributed by atoms with van der Waals surface area (Å²) >= 11 is 3.20. The molecule has 0 fully saturated rings. The number of carbonyl (C=O) groups is 1. The van der Waals surface area contributed by atoms with E-state index in [1.165, 1.54) is 26.4 Å². The van der Waals surface area contributed by atoms with Crippen LogP contribution in [0.1, 0.15) is 33.3 Å².